The lowest BCUT2D eigenvalue weighted by atomic mass is 10.1. The predicted molar refractivity (Wildman–Crippen MR) is 101 cm³/mol. The Bertz CT molecular complexity index is 970. The highest BCUT2D eigenvalue weighted by Gasteiger charge is 2.13. The summed E-state index contributed by atoms with van der Waals surface area (Å²) in [6.07, 6.45) is 0. The molecular formula is C20H18FNO4S. The number of thiazole rings is 1. The van der Waals surface area contributed by atoms with Gasteiger partial charge >= 0.3 is 5.97 Å². The monoisotopic (exact) mass is 387 g/mol. The number of hydrogen-bond donors (Lipinski definition) is 0. The lowest BCUT2D eigenvalue weighted by Crippen LogP contribution is -2.06. The van der Waals surface area contributed by atoms with Gasteiger partial charge in [-0.05, 0) is 42.8 Å². The van der Waals surface area contributed by atoms with E-state index in [9.17, 15) is 9.18 Å². The number of carbonyl (C=O) groups is 1. The maximum atomic E-state index is 13.6. The molecule has 0 saturated heterocycles. The van der Waals surface area contributed by atoms with Crippen molar-refractivity contribution in [3.05, 3.63) is 64.4 Å². The number of ether oxygens (including phenoxy) is 3. The van der Waals surface area contributed by atoms with Crippen LogP contribution in [0, 0.1) is 12.7 Å². The second kappa shape index (κ2) is 8.18. The Morgan fingerprint density at radius 3 is 2.59 bits per heavy atom. The number of aromatic nitrogens is 1. The van der Waals surface area contributed by atoms with Crippen molar-refractivity contribution < 1.29 is 23.4 Å². The van der Waals surface area contributed by atoms with Crippen LogP contribution in [-0.2, 0) is 11.3 Å². The highest BCUT2D eigenvalue weighted by molar-refractivity contribution is 7.13. The van der Waals surface area contributed by atoms with Gasteiger partial charge in [0.05, 0.1) is 25.5 Å². The summed E-state index contributed by atoms with van der Waals surface area (Å²) in [5, 5.41) is 2.58. The van der Waals surface area contributed by atoms with Crippen molar-refractivity contribution in [2.45, 2.75) is 13.5 Å². The molecular weight excluding hydrogens is 369 g/mol. The van der Waals surface area contributed by atoms with Crippen molar-refractivity contribution >= 4 is 17.3 Å². The molecule has 0 atom stereocenters. The SMILES string of the molecule is COc1ccc(-c2nc(COC(=O)c3ccc(C)c(F)c3)cs2)cc1OC. The molecule has 0 amide bonds. The highest BCUT2D eigenvalue weighted by atomic mass is 32.1. The van der Waals surface area contributed by atoms with Crippen LogP contribution in [0.2, 0.25) is 0 Å². The number of nitrogens with zero attached hydrogens (tertiary/aromatic N) is 1. The van der Waals surface area contributed by atoms with Gasteiger partial charge in [-0.2, -0.15) is 0 Å². The molecule has 0 fully saturated rings. The summed E-state index contributed by atoms with van der Waals surface area (Å²) >= 11 is 1.43. The van der Waals surface area contributed by atoms with Crippen LogP contribution in [0.3, 0.4) is 0 Å². The molecule has 7 heteroatoms. The Hall–Kier alpha value is -2.93. The minimum atomic E-state index is -0.588. The van der Waals surface area contributed by atoms with E-state index in [-0.39, 0.29) is 12.2 Å². The van der Waals surface area contributed by atoms with Crippen LogP contribution < -0.4 is 9.47 Å². The quantitative estimate of drug-likeness (QED) is 0.577. The number of halogens is 1. The molecule has 0 unspecified atom stereocenters. The van der Waals surface area contributed by atoms with Crippen molar-refractivity contribution in [1.82, 2.24) is 4.98 Å². The summed E-state index contributed by atoms with van der Waals surface area (Å²) < 4.78 is 29.3. The van der Waals surface area contributed by atoms with Gasteiger partial charge in [0.25, 0.3) is 0 Å². The van der Waals surface area contributed by atoms with E-state index in [0.717, 1.165) is 10.6 Å². The Morgan fingerprint density at radius 1 is 1.11 bits per heavy atom. The Kier molecular flexibility index (Phi) is 5.71. The second-order valence-corrected chi connectivity index (χ2v) is 6.61. The van der Waals surface area contributed by atoms with Gasteiger partial charge in [0, 0.05) is 10.9 Å². The topological polar surface area (TPSA) is 57.7 Å². The molecule has 140 valence electrons. The number of carbonyl (C=O) groups excluding carboxylic acids is 1. The molecule has 0 saturated carbocycles. The molecule has 2 aromatic carbocycles. The van der Waals surface area contributed by atoms with E-state index < -0.39 is 11.8 Å². The highest BCUT2D eigenvalue weighted by Crippen LogP contribution is 2.33. The average Bonchev–Trinajstić information content (AvgIpc) is 3.16. The summed E-state index contributed by atoms with van der Waals surface area (Å²) in [7, 11) is 3.15. The first-order valence-corrected chi connectivity index (χ1v) is 9.00. The third-order valence-electron chi connectivity index (χ3n) is 3.94. The third kappa shape index (κ3) is 4.25. The zero-order chi connectivity index (χ0) is 19.4. The zero-order valence-corrected chi connectivity index (χ0v) is 15.9. The molecule has 3 aromatic rings. The summed E-state index contributed by atoms with van der Waals surface area (Å²) in [6.45, 7) is 1.65. The van der Waals surface area contributed by atoms with E-state index >= 15 is 0 Å². The Balaban J connectivity index is 1.69. The van der Waals surface area contributed by atoms with E-state index in [1.165, 1.54) is 23.5 Å². The number of rotatable bonds is 6. The molecule has 5 nitrogen and oxygen atoms in total. The van der Waals surface area contributed by atoms with Crippen LogP contribution in [-0.4, -0.2) is 25.2 Å². The molecule has 1 aromatic heterocycles. The third-order valence-corrected chi connectivity index (χ3v) is 4.88. The smallest absolute Gasteiger partial charge is 0.338 e. The van der Waals surface area contributed by atoms with Gasteiger partial charge in [-0.25, -0.2) is 14.2 Å². The van der Waals surface area contributed by atoms with Gasteiger partial charge in [0.2, 0.25) is 0 Å². The van der Waals surface area contributed by atoms with Crippen LogP contribution in [0.15, 0.2) is 41.8 Å². The average molecular weight is 387 g/mol. The molecule has 0 bridgehead atoms. The maximum absolute atomic E-state index is 13.6. The van der Waals surface area contributed by atoms with Crippen LogP contribution in [0.1, 0.15) is 21.6 Å². The van der Waals surface area contributed by atoms with Gasteiger partial charge in [-0.1, -0.05) is 6.07 Å². The van der Waals surface area contributed by atoms with Crippen molar-refractivity contribution in [3.8, 4) is 22.1 Å². The van der Waals surface area contributed by atoms with Crippen LogP contribution in [0.4, 0.5) is 4.39 Å². The largest absolute Gasteiger partial charge is 0.493 e. The van der Waals surface area contributed by atoms with Crippen molar-refractivity contribution in [2.24, 2.45) is 0 Å². The summed E-state index contributed by atoms with van der Waals surface area (Å²) in [6, 6.07) is 9.78. The lowest BCUT2D eigenvalue weighted by Gasteiger charge is -2.08. The summed E-state index contributed by atoms with van der Waals surface area (Å²) in [5.41, 5.74) is 2.14. The Labute approximate surface area is 160 Å². The minimum Gasteiger partial charge on any atom is -0.493 e. The Morgan fingerprint density at radius 2 is 1.89 bits per heavy atom. The molecule has 0 spiro atoms. The van der Waals surface area contributed by atoms with Gasteiger partial charge < -0.3 is 14.2 Å². The van der Waals surface area contributed by atoms with Crippen molar-refractivity contribution in [1.29, 1.82) is 0 Å². The van der Waals surface area contributed by atoms with Crippen LogP contribution in [0.5, 0.6) is 11.5 Å². The van der Waals surface area contributed by atoms with E-state index in [1.54, 1.807) is 33.3 Å². The molecule has 0 aliphatic carbocycles. The fraction of sp³-hybridized carbons (Fsp3) is 0.200. The van der Waals surface area contributed by atoms with Crippen molar-refractivity contribution in [3.63, 3.8) is 0 Å². The van der Waals surface area contributed by atoms with E-state index in [1.807, 2.05) is 17.5 Å². The molecule has 0 aliphatic heterocycles. The molecule has 0 aliphatic rings. The normalized spacial score (nSPS) is 10.5. The first-order chi connectivity index (χ1) is 13.0. The van der Waals surface area contributed by atoms with Crippen molar-refractivity contribution in [2.75, 3.05) is 14.2 Å². The molecule has 27 heavy (non-hydrogen) atoms. The number of methoxy groups -OCH3 is 2. The van der Waals surface area contributed by atoms with E-state index in [4.69, 9.17) is 14.2 Å². The number of esters is 1. The molecule has 1 heterocycles. The number of hydrogen-bond acceptors (Lipinski definition) is 6. The predicted octanol–water partition coefficient (Wildman–Crippen LogP) is 4.63. The van der Waals surface area contributed by atoms with Gasteiger partial charge in [0.15, 0.2) is 11.5 Å². The molecule has 0 radical (unpaired) electrons. The fourth-order valence-electron chi connectivity index (χ4n) is 2.42. The van der Waals surface area contributed by atoms with E-state index in [2.05, 4.69) is 4.98 Å². The number of benzene rings is 2. The fourth-order valence-corrected chi connectivity index (χ4v) is 3.22. The second-order valence-electron chi connectivity index (χ2n) is 5.75. The first-order valence-electron chi connectivity index (χ1n) is 8.12. The van der Waals surface area contributed by atoms with Gasteiger partial charge in [0.1, 0.15) is 17.4 Å². The summed E-state index contributed by atoms with van der Waals surface area (Å²) in [5.74, 6) is 0.222. The van der Waals surface area contributed by atoms with Crippen LogP contribution in [0.25, 0.3) is 10.6 Å². The standard InChI is InChI=1S/C20H18FNO4S/c1-12-4-5-14(8-16(12)21)20(23)26-10-15-11-27-19(22-15)13-6-7-17(24-2)18(9-13)25-3/h4-9,11H,10H2,1-3H3. The lowest BCUT2D eigenvalue weighted by molar-refractivity contribution is 0.0468. The van der Waals surface area contributed by atoms with Gasteiger partial charge in [-0.3, -0.25) is 0 Å². The minimum absolute atomic E-state index is 0.0120. The zero-order valence-electron chi connectivity index (χ0n) is 15.1. The van der Waals surface area contributed by atoms with Crippen LogP contribution >= 0.6 is 11.3 Å². The summed E-state index contributed by atoms with van der Waals surface area (Å²) in [4.78, 5) is 16.5. The molecule has 0 N–H and O–H groups in total. The molecule has 3 rings (SSSR count). The van der Waals surface area contributed by atoms with E-state index in [0.29, 0.717) is 22.8 Å². The maximum Gasteiger partial charge on any atom is 0.338 e. The number of aryl methyl sites for hydroxylation is 1. The van der Waals surface area contributed by atoms with Gasteiger partial charge in [-0.15, -0.1) is 11.3 Å². The first kappa shape index (κ1) is 18.8.